The first-order chi connectivity index (χ1) is 10.1. The summed E-state index contributed by atoms with van der Waals surface area (Å²) in [5.41, 5.74) is 3.28. The van der Waals surface area contributed by atoms with Crippen molar-refractivity contribution in [2.24, 2.45) is 0 Å². The van der Waals surface area contributed by atoms with Crippen LogP contribution in [0.3, 0.4) is 0 Å². The van der Waals surface area contributed by atoms with E-state index in [1.807, 2.05) is 37.5 Å². The fourth-order valence-corrected chi connectivity index (χ4v) is 2.98. The Morgan fingerprint density at radius 2 is 2.00 bits per heavy atom. The van der Waals surface area contributed by atoms with Crippen LogP contribution in [0.5, 0.6) is 0 Å². The van der Waals surface area contributed by atoms with Crippen LogP contribution in [0, 0.1) is 6.92 Å². The number of hydrogen-bond donors (Lipinski definition) is 1. The van der Waals surface area contributed by atoms with Crippen LogP contribution in [0.15, 0.2) is 53.3 Å². The lowest BCUT2D eigenvalue weighted by molar-refractivity contribution is 1.15. The number of aromatic nitrogens is 1. The third kappa shape index (κ3) is 3.20. The number of pyridine rings is 1. The fraction of sp³-hybridized carbons (Fsp3) is 0.118. The molecule has 0 unspecified atom stereocenters. The molecule has 0 fully saturated rings. The summed E-state index contributed by atoms with van der Waals surface area (Å²) < 4.78 is 1.02. The number of hydrogen-bond acceptors (Lipinski definition) is 2. The van der Waals surface area contributed by atoms with Gasteiger partial charge in [-0.1, -0.05) is 23.7 Å². The lowest BCUT2D eigenvalue weighted by Gasteiger charge is -2.11. The molecule has 1 aromatic heterocycles. The van der Waals surface area contributed by atoms with E-state index in [2.05, 4.69) is 44.4 Å². The average molecular weight is 362 g/mol. The zero-order chi connectivity index (χ0) is 14.8. The quantitative estimate of drug-likeness (QED) is 0.659. The molecule has 0 aliphatic heterocycles. The molecule has 1 N–H and O–H groups in total. The van der Waals surface area contributed by atoms with Crippen LogP contribution in [0.2, 0.25) is 5.02 Å². The van der Waals surface area contributed by atoms with Crippen LogP contribution in [0.1, 0.15) is 11.1 Å². The van der Waals surface area contributed by atoms with Gasteiger partial charge in [0, 0.05) is 33.8 Å². The number of halogens is 2. The van der Waals surface area contributed by atoms with Crippen molar-refractivity contribution >= 4 is 44.0 Å². The van der Waals surface area contributed by atoms with Gasteiger partial charge < -0.3 is 5.32 Å². The predicted octanol–water partition coefficient (Wildman–Crippen LogP) is 5.57. The third-order valence-electron chi connectivity index (χ3n) is 3.44. The minimum absolute atomic E-state index is 0.746. The number of fused-ring (bicyclic) bond motifs is 1. The summed E-state index contributed by atoms with van der Waals surface area (Å²) in [5, 5.41) is 6.54. The normalized spacial score (nSPS) is 10.8. The third-order valence-corrected chi connectivity index (χ3v) is 4.50. The van der Waals surface area contributed by atoms with Gasteiger partial charge in [0.25, 0.3) is 0 Å². The van der Waals surface area contributed by atoms with Gasteiger partial charge in [-0.15, -0.1) is 0 Å². The molecule has 0 spiro atoms. The van der Waals surface area contributed by atoms with E-state index in [-0.39, 0.29) is 0 Å². The SMILES string of the molecule is Cc1cc(Br)c(NCc2ccc3cnccc3c2)cc1Cl. The van der Waals surface area contributed by atoms with Gasteiger partial charge in [0.1, 0.15) is 0 Å². The van der Waals surface area contributed by atoms with Gasteiger partial charge in [0.05, 0.1) is 5.69 Å². The number of nitrogens with one attached hydrogen (secondary N) is 1. The van der Waals surface area contributed by atoms with Gasteiger partial charge >= 0.3 is 0 Å². The molecule has 3 rings (SSSR count). The van der Waals surface area contributed by atoms with Gasteiger partial charge in [0.15, 0.2) is 0 Å². The zero-order valence-electron chi connectivity index (χ0n) is 11.5. The molecule has 3 aromatic rings. The van der Waals surface area contributed by atoms with E-state index in [0.717, 1.165) is 32.7 Å². The Labute approximate surface area is 137 Å². The molecule has 0 bridgehead atoms. The summed E-state index contributed by atoms with van der Waals surface area (Å²) in [5.74, 6) is 0. The maximum absolute atomic E-state index is 6.18. The standard InChI is InChI=1S/C17H14BrClN2/c1-11-6-15(18)17(8-16(11)19)21-9-12-2-3-14-10-20-5-4-13(14)7-12/h2-8,10,21H,9H2,1H3. The molecule has 0 amide bonds. The van der Waals surface area contributed by atoms with Crippen LogP contribution in [-0.4, -0.2) is 4.98 Å². The molecule has 2 nitrogen and oxygen atoms in total. The highest BCUT2D eigenvalue weighted by Gasteiger charge is 2.04. The number of aryl methyl sites for hydroxylation is 1. The lowest BCUT2D eigenvalue weighted by atomic mass is 10.1. The van der Waals surface area contributed by atoms with E-state index in [4.69, 9.17) is 11.6 Å². The van der Waals surface area contributed by atoms with Crippen molar-refractivity contribution < 1.29 is 0 Å². The zero-order valence-corrected chi connectivity index (χ0v) is 13.9. The second-order valence-electron chi connectivity index (χ2n) is 4.99. The van der Waals surface area contributed by atoms with Crippen LogP contribution < -0.4 is 5.32 Å². The minimum atomic E-state index is 0.746. The molecule has 106 valence electrons. The van der Waals surface area contributed by atoms with E-state index in [1.54, 1.807) is 0 Å². The van der Waals surface area contributed by atoms with Crippen molar-refractivity contribution in [2.75, 3.05) is 5.32 Å². The Bertz CT molecular complexity index is 802. The molecule has 0 atom stereocenters. The molecule has 1 heterocycles. The largest absolute Gasteiger partial charge is 0.380 e. The minimum Gasteiger partial charge on any atom is -0.380 e. The maximum atomic E-state index is 6.18. The van der Waals surface area contributed by atoms with Crippen LogP contribution in [-0.2, 0) is 6.54 Å². The Balaban J connectivity index is 1.81. The number of nitrogens with zero attached hydrogens (tertiary/aromatic N) is 1. The molecule has 0 radical (unpaired) electrons. The second kappa shape index (κ2) is 6.04. The summed E-state index contributed by atoms with van der Waals surface area (Å²) in [6.45, 7) is 2.74. The molecule has 21 heavy (non-hydrogen) atoms. The number of benzene rings is 2. The second-order valence-corrected chi connectivity index (χ2v) is 6.25. The highest BCUT2D eigenvalue weighted by Crippen LogP contribution is 2.29. The summed E-state index contributed by atoms with van der Waals surface area (Å²) >= 11 is 9.74. The van der Waals surface area contributed by atoms with Crippen molar-refractivity contribution in [3.63, 3.8) is 0 Å². The lowest BCUT2D eigenvalue weighted by Crippen LogP contribution is -2.00. The summed E-state index contributed by atoms with van der Waals surface area (Å²) in [6, 6.07) is 12.4. The van der Waals surface area contributed by atoms with Crippen molar-refractivity contribution in [3.05, 3.63) is 69.4 Å². The van der Waals surface area contributed by atoms with Crippen molar-refractivity contribution in [3.8, 4) is 0 Å². The van der Waals surface area contributed by atoms with Gasteiger partial charge in [-0.2, -0.15) is 0 Å². The van der Waals surface area contributed by atoms with Crippen LogP contribution >= 0.6 is 27.5 Å². The molecule has 4 heteroatoms. The van der Waals surface area contributed by atoms with Gasteiger partial charge in [-0.25, -0.2) is 0 Å². The van der Waals surface area contributed by atoms with Crippen LogP contribution in [0.4, 0.5) is 5.69 Å². The van der Waals surface area contributed by atoms with E-state index in [0.29, 0.717) is 0 Å². The summed E-state index contributed by atoms with van der Waals surface area (Å²) in [7, 11) is 0. The van der Waals surface area contributed by atoms with E-state index in [1.165, 1.54) is 10.9 Å². The van der Waals surface area contributed by atoms with Gasteiger partial charge in [0.2, 0.25) is 0 Å². The van der Waals surface area contributed by atoms with E-state index < -0.39 is 0 Å². The molecule has 0 aliphatic carbocycles. The van der Waals surface area contributed by atoms with Gasteiger partial charge in [-0.3, -0.25) is 4.98 Å². The van der Waals surface area contributed by atoms with Gasteiger partial charge in [-0.05, 0) is 63.6 Å². The Hall–Kier alpha value is -1.58. The maximum Gasteiger partial charge on any atom is 0.0502 e. The fourth-order valence-electron chi connectivity index (χ4n) is 2.22. The molecule has 0 saturated heterocycles. The van der Waals surface area contributed by atoms with E-state index >= 15 is 0 Å². The number of anilines is 1. The molecule has 0 aliphatic rings. The summed E-state index contributed by atoms with van der Waals surface area (Å²) in [6.07, 6.45) is 3.69. The molecular formula is C17H14BrClN2. The molecular weight excluding hydrogens is 348 g/mol. The van der Waals surface area contributed by atoms with Crippen molar-refractivity contribution in [1.82, 2.24) is 4.98 Å². The topological polar surface area (TPSA) is 24.9 Å². The number of rotatable bonds is 3. The highest BCUT2D eigenvalue weighted by atomic mass is 79.9. The Morgan fingerprint density at radius 3 is 2.86 bits per heavy atom. The first kappa shape index (κ1) is 14.4. The smallest absolute Gasteiger partial charge is 0.0502 e. The highest BCUT2D eigenvalue weighted by molar-refractivity contribution is 9.10. The van der Waals surface area contributed by atoms with Crippen LogP contribution in [0.25, 0.3) is 10.8 Å². The average Bonchev–Trinajstić information content (AvgIpc) is 2.49. The van der Waals surface area contributed by atoms with Crippen molar-refractivity contribution in [2.45, 2.75) is 13.5 Å². The Kier molecular flexibility index (Phi) is 4.13. The van der Waals surface area contributed by atoms with Crippen molar-refractivity contribution in [1.29, 1.82) is 0 Å². The Morgan fingerprint density at radius 1 is 1.14 bits per heavy atom. The molecule has 2 aromatic carbocycles. The summed E-state index contributed by atoms with van der Waals surface area (Å²) in [4.78, 5) is 4.13. The first-order valence-corrected chi connectivity index (χ1v) is 7.83. The first-order valence-electron chi connectivity index (χ1n) is 6.65. The molecule has 0 saturated carbocycles. The monoisotopic (exact) mass is 360 g/mol. The van der Waals surface area contributed by atoms with E-state index in [9.17, 15) is 0 Å². The predicted molar refractivity (Wildman–Crippen MR) is 93.0 cm³/mol.